The topological polar surface area (TPSA) is 84.2 Å². The summed E-state index contributed by atoms with van der Waals surface area (Å²) in [5, 5.41) is 9.42. The van der Waals surface area contributed by atoms with E-state index in [9.17, 15) is 9.59 Å². The smallest absolute Gasteiger partial charge is 0.248 e. The van der Waals surface area contributed by atoms with Crippen LogP contribution in [0.2, 0.25) is 0 Å². The number of hydrogen-bond donors (Lipinski definition) is 2. The number of nitrogens with zero attached hydrogens (tertiary/aromatic N) is 1. The van der Waals surface area contributed by atoms with Gasteiger partial charge in [-0.3, -0.25) is 9.59 Å². The number of anilines is 1. The van der Waals surface area contributed by atoms with Crippen LogP contribution in [0, 0.1) is 18.8 Å². The van der Waals surface area contributed by atoms with Gasteiger partial charge in [-0.05, 0) is 32.1 Å². The largest absolute Gasteiger partial charge is 0.360 e. The number of rotatable bonds is 6. The number of hydrogen-bond acceptors (Lipinski definition) is 4. The summed E-state index contributed by atoms with van der Waals surface area (Å²) in [4.78, 5) is 24.9. The van der Waals surface area contributed by atoms with Crippen LogP contribution in [-0.4, -0.2) is 23.0 Å². The van der Waals surface area contributed by atoms with Crippen LogP contribution in [-0.2, 0) is 9.59 Å². The highest BCUT2D eigenvalue weighted by Gasteiger charge is 2.27. The van der Waals surface area contributed by atoms with Gasteiger partial charge in [-0.15, -0.1) is 0 Å². The van der Waals surface area contributed by atoms with E-state index in [2.05, 4.69) is 15.8 Å². The van der Waals surface area contributed by atoms with Crippen molar-refractivity contribution in [3.63, 3.8) is 0 Å². The second-order valence-corrected chi connectivity index (χ2v) is 6.84. The SMILES string of the molecule is Cc1cc(NC(=O)[C@@H](CC(C)C)NC(=O)C2CCCCC2)no1. The molecule has 2 N–H and O–H groups in total. The Morgan fingerprint density at radius 1 is 1.30 bits per heavy atom. The van der Waals surface area contributed by atoms with Crippen molar-refractivity contribution in [2.45, 2.75) is 65.3 Å². The highest BCUT2D eigenvalue weighted by atomic mass is 16.5. The third-order valence-corrected chi connectivity index (χ3v) is 4.20. The summed E-state index contributed by atoms with van der Waals surface area (Å²) in [6.07, 6.45) is 5.83. The Bertz CT molecular complexity index is 533. The number of aryl methyl sites for hydroxylation is 1. The molecule has 1 aromatic heterocycles. The molecule has 1 saturated carbocycles. The number of nitrogens with one attached hydrogen (secondary N) is 2. The van der Waals surface area contributed by atoms with Crippen LogP contribution in [0.1, 0.15) is 58.1 Å². The predicted molar refractivity (Wildman–Crippen MR) is 87.8 cm³/mol. The maximum absolute atomic E-state index is 12.5. The summed E-state index contributed by atoms with van der Waals surface area (Å²) in [5.74, 6) is 1.12. The van der Waals surface area contributed by atoms with Gasteiger partial charge in [0.05, 0.1) is 0 Å². The van der Waals surface area contributed by atoms with Gasteiger partial charge in [0, 0.05) is 12.0 Å². The normalized spacial score (nSPS) is 17.0. The average Bonchev–Trinajstić information content (AvgIpc) is 2.92. The molecule has 1 aliphatic carbocycles. The number of carbonyl (C=O) groups is 2. The van der Waals surface area contributed by atoms with Crippen molar-refractivity contribution in [2.24, 2.45) is 11.8 Å². The van der Waals surface area contributed by atoms with Crippen molar-refractivity contribution in [1.82, 2.24) is 10.5 Å². The van der Waals surface area contributed by atoms with E-state index in [0.717, 1.165) is 25.7 Å². The quantitative estimate of drug-likeness (QED) is 0.843. The van der Waals surface area contributed by atoms with Crippen LogP contribution >= 0.6 is 0 Å². The molecule has 1 atom stereocenters. The molecule has 1 fully saturated rings. The second kappa shape index (κ2) is 8.13. The van der Waals surface area contributed by atoms with Gasteiger partial charge in [0.25, 0.3) is 0 Å². The minimum absolute atomic E-state index is 0.00170. The molecule has 0 bridgehead atoms. The number of aromatic nitrogens is 1. The van der Waals surface area contributed by atoms with Gasteiger partial charge >= 0.3 is 0 Å². The van der Waals surface area contributed by atoms with E-state index >= 15 is 0 Å². The Hall–Kier alpha value is -1.85. The summed E-state index contributed by atoms with van der Waals surface area (Å²) >= 11 is 0. The highest BCUT2D eigenvalue weighted by molar-refractivity contribution is 5.96. The lowest BCUT2D eigenvalue weighted by Gasteiger charge is -2.25. The third kappa shape index (κ3) is 5.37. The first-order chi connectivity index (χ1) is 11.0. The molecule has 128 valence electrons. The van der Waals surface area contributed by atoms with Crippen molar-refractivity contribution in [3.05, 3.63) is 11.8 Å². The molecule has 6 nitrogen and oxygen atoms in total. The summed E-state index contributed by atoms with van der Waals surface area (Å²) in [5.41, 5.74) is 0. The lowest BCUT2D eigenvalue weighted by Crippen LogP contribution is -2.47. The molecule has 6 heteroatoms. The van der Waals surface area contributed by atoms with E-state index in [1.165, 1.54) is 6.42 Å². The van der Waals surface area contributed by atoms with Crippen molar-refractivity contribution < 1.29 is 14.1 Å². The van der Waals surface area contributed by atoms with E-state index < -0.39 is 6.04 Å². The summed E-state index contributed by atoms with van der Waals surface area (Å²) in [6, 6.07) is 1.12. The van der Waals surface area contributed by atoms with Gasteiger partial charge in [0.1, 0.15) is 11.8 Å². The molecule has 0 spiro atoms. The average molecular weight is 321 g/mol. The molecule has 0 radical (unpaired) electrons. The number of carbonyl (C=O) groups excluding carboxylic acids is 2. The molecule has 23 heavy (non-hydrogen) atoms. The van der Waals surface area contributed by atoms with Gasteiger partial charge < -0.3 is 15.2 Å². The zero-order chi connectivity index (χ0) is 16.8. The minimum Gasteiger partial charge on any atom is -0.360 e. The standard InChI is InChI=1S/C17H27N3O3/c1-11(2)9-14(17(22)19-15-10-12(3)23-20-15)18-16(21)13-7-5-4-6-8-13/h10-11,13-14H,4-9H2,1-3H3,(H,18,21)(H,19,20,22)/t14-/m1/s1. The monoisotopic (exact) mass is 321 g/mol. The first kappa shape index (κ1) is 17.5. The lowest BCUT2D eigenvalue weighted by atomic mass is 9.88. The molecule has 1 heterocycles. The molecule has 0 aliphatic heterocycles. The third-order valence-electron chi connectivity index (χ3n) is 4.20. The second-order valence-electron chi connectivity index (χ2n) is 6.84. The summed E-state index contributed by atoms with van der Waals surface area (Å²) in [7, 11) is 0. The van der Waals surface area contributed by atoms with Crippen molar-refractivity contribution in [3.8, 4) is 0 Å². The van der Waals surface area contributed by atoms with Gasteiger partial charge in [0.15, 0.2) is 5.82 Å². The van der Waals surface area contributed by atoms with E-state index in [4.69, 9.17) is 4.52 Å². The van der Waals surface area contributed by atoms with E-state index in [1.807, 2.05) is 13.8 Å². The highest BCUT2D eigenvalue weighted by Crippen LogP contribution is 2.24. The summed E-state index contributed by atoms with van der Waals surface area (Å²) < 4.78 is 4.95. The van der Waals surface area contributed by atoms with Gasteiger partial charge in [-0.25, -0.2) is 0 Å². The van der Waals surface area contributed by atoms with Crippen LogP contribution in [0.25, 0.3) is 0 Å². The molecular weight excluding hydrogens is 294 g/mol. The van der Waals surface area contributed by atoms with E-state index in [1.54, 1.807) is 13.0 Å². The Balaban J connectivity index is 1.97. The van der Waals surface area contributed by atoms with Crippen molar-refractivity contribution in [2.75, 3.05) is 5.32 Å². The fourth-order valence-electron chi connectivity index (χ4n) is 3.00. The maximum atomic E-state index is 12.5. The van der Waals surface area contributed by atoms with Crippen LogP contribution in [0.3, 0.4) is 0 Å². The van der Waals surface area contributed by atoms with Crippen LogP contribution < -0.4 is 10.6 Å². The fraction of sp³-hybridized carbons (Fsp3) is 0.706. The molecule has 0 aromatic carbocycles. The first-order valence-corrected chi connectivity index (χ1v) is 8.50. The van der Waals surface area contributed by atoms with Crippen LogP contribution in [0.5, 0.6) is 0 Å². The zero-order valence-electron chi connectivity index (χ0n) is 14.2. The molecule has 2 rings (SSSR count). The fourth-order valence-corrected chi connectivity index (χ4v) is 3.00. The molecule has 1 aromatic rings. The molecule has 1 aliphatic rings. The van der Waals surface area contributed by atoms with Crippen molar-refractivity contribution >= 4 is 17.6 Å². The first-order valence-electron chi connectivity index (χ1n) is 8.50. The Labute approximate surface area is 137 Å². The van der Waals surface area contributed by atoms with Crippen LogP contribution in [0.4, 0.5) is 5.82 Å². The zero-order valence-corrected chi connectivity index (χ0v) is 14.2. The van der Waals surface area contributed by atoms with E-state index in [-0.39, 0.29) is 17.7 Å². The lowest BCUT2D eigenvalue weighted by molar-refractivity contribution is -0.130. The molecule has 2 amide bonds. The van der Waals surface area contributed by atoms with Crippen LogP contribution in [0.15, 0.2) is 10.6 Å². The van der Waals surface area contributed by atoms with Crippen molar-refractivity contribution in [1.29, 1.82) is 0 Å². The predicted octanol–water partition coefficient (Wildman–Crippen LogP) is 3.03. The van der Waals surface area contributed by atoms with Gasteiger partial charge in [0.2, 0.25) is 11.8 Å². The van der Waals surface area contributed by atoms with E-state index in [0.29, 0.717) is 23.9 Å². The number of amides is 2. The maximum Gasteiger partial charge on any atom is 0.248 e. The van der Waals surface area contributed by atoms with Gasteiger partial charge in [-0.1, -0.05) is 38.3 Å². The van der Waals surface area contributed by atoms with Gasteiger partial charge in [-0.2, -0.15) is 0 Å². The molecular formula is C17H27N3O3. The Morgan fingerprint density at radius 3 is 2.57 bits per heavy atom. The molecule has 0 saturated heterocycles. The minimum atomic E-state index is -0.540. The molecule has 0 unspecified atom stereocenters. The Morgan fingerprint density at radius 2 is 2.00 bits per heavy atom. The summed E-state index contributed by atoms with van der Waals surface area (Å²) in [6.45, 7) is 5.83. The Kier molecular flexibility index (Phi) is 6.19.